The number of alkyl carbamates (subject to hydrolysis) is 1. The Kier molecular flexibility index (Phi) is 8.46. The topological polar surface area (TPSA) is 131 Å². The van der Waals surface area contributed by atoms with E-state index in [1.165, 1.54) is 4.90 Å². The number of nitrogens with zero attached hydrogens (tertiary/aromatic N) is 1. The fourth-order valence-corrected chi connectivity index (χ4v) is 3.58. The van der Waals surface area contributed by atoms with Crippen LogP contribution in [0, 0.1) is 6.92 Å². The van der Waals surface area contributed by atoms with E-state index in [1.807, 2.05) is 45.0 Å². The number of aryl methyl sites for hydroxylation is 1. The first kappa shape index (κ1) is 26.2. The minimum Gasteiger partial charge on any atom is -0.444 e. The number of benzene rings is 1. The van der Waals surface area contributed by atoms with Crippen LogP contribution in [0.1, 0.15) is 71.0 Å². The van der Waals surface area contributed by atoms with Crippen LogP contribution in [0.15, 0.2) is 24.3 Å². The van der Waals surface area contributed by atoms with E-state index in [1.54, 1.807) is 20.8 Å². The molecule has 1 fully saturated rings. The normalized spacial score (nSPS) is 15.4. The summed E-state index contributed by atoms with van der Waals surface area (Å²) in [5, 5.41) is 5.39. The standard InChI is InChI=1S/C24H36N4O5/c1-14(2)26-21(30)20(17-10-8-7-9-15(17)3)28(16-11-12-16)22(31)18(13-19(25)29)27-23(32)33-24(4,5)6/h7-10,14,16,18,20H,11-13H2,1-6H3,(H2,25,29)(H,26,30)(H,27,32). The lowest BCUT2D eigenvalue weighted by molar-refractivity contribution is -0.144. The smallest absolute Gasteiger partial charge is 0.408 e. The monoisotopic (exact) mass is 460 g/mol. The summed E-state index contributed by atoms with van der Waals surface area (Å²) in [6.07, 6.45) is 0.197. The van der Waals surface area contributed by atoms with Crippen LogP contribution < -0.4 is 16.4 Å². The molecule has 4 amide bonds. The highest BCUT2D eigenvalue weighted by atomic mass is 16.6. The number of carbonyl (C=O) groups excluding carboxylic acids is 4. The van der Waals surface area contributed by atoms with Crippen LogP contribution in [0.3, 0.4) is 0 Å². The molecule has 9 nitrogen and oxygen atoms in total. The van der Waals surface area contributed by atoms with Crippen LogP contribution >= 0.6 is 0 Å². The third-order valence-electron chi connectivity index (χ3n) is 5.03. The number of hydrogen-bond acceptors (Lipinski definition) is 5. The maximum absolute atomic E-state index is 13.7. The molecule has 2 atom stereocenters. The fourth-order valence-electron chi connectivity index (χ4n) is 3.58. The van der Waals surface area contributed by atoms with Gasteiger partial charge in [-0.25, -0.2) is 4.79 Å². The van der Waals surface area contributed by atoms with Gasteiger partial charge in [0.25, 0.3) is 0 Å². The molecular weight excluding hydrogens is 424 g/mol. The average molecular weight is 461 g/mol. The molecule has 0 aromatic heterocycles. The van der Waals surface area contributed by atoms with Crippen molar-refractivity contribution in [3.8, 4) is 0 Å². The molecule has 0 radical (unpaired) electrons. The van der Waals surface area contributed by atoms with E-state index in [0.29, 0.717) is 5.56 Å². The largest absolute Gasteiger partial charge is 0.444 e. The molecule has 2 rings (SSSR count). The van der Waals surface area contributed by atoms with Gasteiger partial charge in [0.2, 0.25) is 17.7 Å². The SMILES string of the molecule is Cc1ccccc1C(C(=O)NC(C)C)N(C(=O)C(CC(N)=O)NC(=O)OC(C)(C)C)C1CC1. The Hall–Kier alpha value is -3.10. The second kappa shape index (κ2) is 10.7. The summed E-state index contributed by atoms with van der Waals surface area (Å²) in [5.74, 6) is -1.62. The quantitative estimate of drug-likeness (QED) is 0.520. The van der Waals surface area contributed by atoms with Gasteiger partial charge in [-0.05, 0) is 65.5 Å². The third-order valence-corrected chi connectivity index (χ3v) is 5.03. The highest BCUT2D eigenvalue weighted by Gasteiger charge is 2.44. The molecule has 2 unspecified atom stereocenters. The van der Waals surface area contributed by atoms with Crippen molar-refractivity contribution < 1.29 is 23.9 Å². The Morgan fingerprint density at radius 2 is 1.73 bits per heavy atom. The lowest BCUT2D eigenvalue weighted by Gasteiger charge is -2.35. The first-order valence-corrected chi connectivity index (χ1v) is 11.3. The molecule has 0 aliphatic heterocycles. The molecule has 33 heavy (non-hydrogen) atoms. The number of carbonyl (C=O) groups is 4. The maximum atomic E-state index is 13.7. The van der Waals surface area contributed by atoms with Crippen LogP contribution in [0.5, 0.6) is 0 Å². The highest BCUT2D eigenvalue weighted by Crippen LogP contribution is 2.36. The zero-order valence-electron chi connectivity index (χ0n) is 20.3. The minimum absolute atomic E-state index is 0.138. The molecule has 0 heterocycles. The number of nitrogens with two attached hydrogens (primary N) is 1. The summed E-state index contributed by atoms with van der Waals surface area (Å²) in [6, 6.07) is 4.87. The van der Waals surface area contributed by atoms with Crippen molar-refractivity contribution in [2.45, 2.75) is 90.6 Å². The van der Waals surface area contributed by atoms with E-state index in [4.69, 9.17) is 10.5 Å². The number of amides is 4. The van der Waals surface area contributed by atoms with E-state index in [0.717, 1.165) is 18.4 Å². The summed E-state index contributed by atoms with van der Waals surface area (Å²) in [4.78, 5) is 52.7. The number of rotatable bonds is 9. The van der Waals surface area contributed by atoms with E-state index >= 15 is 0 Å². The summed E-state index contributed by atoms with van der Waals surface area (Å²) >= 11 is 0. The average Bonchev–Trinajstić information content (AvgIpc) is 3.48. The van der Waals surface area contributed by atoms with Crippen molar-refractivity contribution in [2.24, 2.45) is 5.73 Å². The number of ether oxygens (including phenoxy) is 1. The Morgan fingerprint density at radius 1 is 1.12 bits per heavy atom. The van der Waals surface area contributed by atoms with Gasteiger partial charge in [-0.2, -0.15) is 0 Å². The maximum Gasteiger partial charge on any atom is 0.408 e. The van der Waals surface area contributed by atoms with Crippen LogP contribution in [0.4, 0.5) is 4.79 Å². The molecule has 182 valence electrons. The summed E-state index contributed by atoms with van der Waals surface area (Å²) in [5.41, 5.74) is 6.13. The van der Waals surface area contributed by atoms with Crippen molar-refractivity contribution in [1.82, 2.24) is 15.5 Å². The number of primary amides is 1. The summed E-state index contributed by atoms with van der Waals surface area (Å²) < 4.78 is 5.27. The lowest BCUT2D eigenvalue weighted by Crippen LogP contribution is -2.55. The highest BCUT2D eigenvalue weighted by molar-refractivity contribution is 5.95. The molecule has 1 aromatic carbocycles. The van der Waals surface area contributed by atoms with Gasteiger partial charge in [0.15, 0.2) is 0 Å². The fraction of sp³-hybridized carbons (Fsp3) is 0.583. The van der Waals surface area contributed by atoms with Gasteiger partial charge in [0, 0.05) is 12.1 Å². The predicted octanol–water partition coefficient (Wildman–Crippen LogP) is 2.32. The molecular formula is C24H36N4O5. The van der Waals surface area contributed by atoms with E-state index < -0.39 is 42.0 Å². The Bertz CT molecular complexity index is 889. The second-order valence-corrected chi connectivity index (χ2v) is 9.77. The molecule has 4 N–H and O–H groups in total. The predicted molar refractivity (Wildman–Crippen MR) is 124 cm³/mol. The number of hydrogen-bond donors (Lipinski definition) is 3. The Labute approximate surface area is 195 Å². The van der Waals surface area contributed by atoms with Crippen molar-refractivity contribution in [2.75, 3.05) is 0 Å². The van der Waals surface area contributed by atoms with Gasteiger partial charge < -0.3 is 26.0 Å². The lowest BCUT2D eigenvalue weighted by atomic mass is 9.97. The molecule has 1 aliphatic carbocycles. The van der Waals surface area contributed by atoms with Crippen molar-refractivity contribution in [3.05, 3.63) is 35.4 Å². The first-order valence-electron chi connectivity index (χ1n) is 11.3. The molecule has 0 saturated heterocycles. The van der Waals surface area contributed by atoms with Crippen molar-refractivity contribution in [3.63, 3.8) is 0 Å². The molecule has 1 aromatic rings. The Morgan fingerprint density at radius 3 is 2.21 bits per heavy atom. The molecule has 0 bridgehead atoms. The second-order valence-electron chi connectivity index (χ2n) is 9.77. The third kappa shape index (κ3) is 7.76. The Balaban J connectivity index is 2.45. The van der Waals surface area contributed by atoms with Gasteiger partial charge in [-0.1, -0.05) is 24.3 Å². The van der Waals surface area contributed by atoms with E-state index in [-0.39, 0.29) is 18.0 Å². The van der Waals surface area contributed by atoms with Crippen molar-refractivity contribution >= 4 is 23.8 Å². The molecule has 0 spiro atoms. The minimum atomic E-state index is -1.25. The van der Waals surface area contributed by atoms with Crippen LogP contribution in [-0.4, -0.2) is 52.4 Å². The van der Waals surface area contributed by atoms with Gasteiger partial charge in [-0.3, -0.25) is 14.4 Å². The summed E-state index contributed by atoms with van der Waals surface area (Å²) in [6.45, 7) is 10.6. The van der Waals surface area contributed by atoms with E-state index in [9.17, 15) is 19.2 Å². The summed E-state index contributed by atoms with van der Waals surface area (Å²) in [7, 11) is 0. The van der Waals surface area contributed by atoms with Gasteiger partial charge in [-0.15, -0.1) is 0 Å². The van der Waals surface area contributed by atoms with Gasteiger partial charge in [0.1, 0.15) is 17.7 Å². The molecule has 9 heteroatoms. The number of nitrogens with one attached hydrogen (secondary N) is 2. The van der Waals surface area contributed by atoms with Gasteiger partial charge in [0.05, 0.1) is 6.42 Å². The molecule has 1 aliphatic rings. The first-order chi connectivity index (χ1) is 15.3. The van der Waals surface area contributed by atoms with Crippen molar-refractivity contribution in [1.29, 1.82) is 0 Å². The van der Waals surface area contributed by atoms with E-state index in [2.05, 4.69) is 10.6 Å². The molecule has 1 saturated carbocycles. The zero-order chi connectivity index (χ0) is 24.9. The van der Waals surface area contributed by atoms with Crippen LogP contribution in [-0.2, 0) is 19.1 Å². The van der Waals surface area contributed by atoms with Gasteiger partial charge >= 0.3 is 6.09 Å². The van der Waals surface area contributed by atoms with Crippen LogP contribution in [0.25, 0.3) is 0 Å². The van der Waals surface area contributed by atoms with Crippen LogP contribution in [0.2, 0.25) is 0 Å². The zero-order valence-corrected chi connectivity index (χ0v) is 20.3.